The van der Waals surface area contributed by atoms with Crippen LogP contribution in [-0.2, 0) is 13.1 Å². The Kier molecular flexibility index (Phi) is 5.77. The molecule has 0 spiro atoms. The van der Waals surface area contributed by atoms with E-state index < -0.39 is 6.61 Å². The molecule has 0 atom stereocenters. The van der Waals surface area contributed by atoms with Crippen LogP contribution < -0.4 is 4.74 Å². The SMILES string of the molecule is CN(Cc1nc(-c2ccccc2OC(F)F)no1)Cc1ccc(Br)s1. The number of benzene rings is 1. The van der Waals surface area contributed by atoms with Gasteiger partial charge in [0, 0.05) is 11.4 Å². The van der Waals surface area contributed by atoms with E-state index in [9.17, 15) is 8.78 Å². The number of ether oxygens (including phenoxy) is 1. The molecule has 3 aromatic rings. The number of rotatable bonds is 7. The van der Waals surface area contributed by atoms with Gasteiger partial charge in [-0.2, -0.15) is 13.8 Å². The van der Waals surface area contributed by atoms with Crippen molar-refractivity contribution >= 4 is 27.3 Å². The van der Waals surface area contributed by atoms with Crippen LogP contribution in [0.15, 0.2) is 44.7 Å². The molecule has 0 saturated heterocycles. The summed E-state index contributed by atoms with van der Waals surface area (Å²) in [5, 5.41) is 3.88. The van der Waals surface area contributed by atoms with Crippen molar-refractivity contribution in [2.75, 3.05) is 7.05 Å². The number of aromatic nitrogens is 2. The van der Waals surface area contributed by atoms with Crippen molar-refractivity contribution in [2.24, 2.45) is 0 Å². The molecule has 0 bridgehead atoms. The minimum atomic E-state index is -2.91. The van der Waals surface area contributed by atoms with Crippen LogP contribution in [-0.4, -0.2) is 28.7 Å². The molecule has 9 heteroatoms. The maximum absolute atomic E-state index is 12.5. The van der Waals surface area contributed by atoms with Crippen LogP contribution in [0.5, 0.6) is 5.75 Å². The van der Waals surface area contributed by atoms with E-state index in [-0.39, 0.29) is 11.6 Å². The number of halogens is 3. The minimum Gasteiger partial charge on any atom is -0.434 e. The van der Waals surface area contributed by atoms with Crippen LogP contribution in [0.3, 0.4) is 0 Å². The smallest absolute Gasteiger partial charge is 0.387 e. The Hall–Kier alpha value is -1.84. The lowest BCUT2D eigenvalue weighted by Gasteiger charge is -2.12. The van der Waals surface area contributed by atoms with Crippen LogP contribution in [0.25, 0.3) is 11.4 Å². The summed E-state index contributed by atoms with van der Waals surface area (Å²) >= 11 is 5.09. The molecule has 3 rings (SSSR count). The lowest BCUT2D eigenvalue weighted by molar-refractivity contribution is -0.0494. The number of hydrogen-bond donors (Lipinski definition) is 0. The fourth-order valence-corrected chi connectivity index (χ4v) is 3.83. The summed E-state index contributed by atoms with van der Waals surface area (Å²) in [5.41, 5.74) is 0.364. The lowest BCUT2D eigenvalue weighted by Crippen LogP contribution is -2.16. The predicted octanol–water partition coefficient (Wildman–Crippen LogP) is 4.79. The van der Waals surface area contributed by atoms with Crippen molar-refractivity contribution in [3.63, 3.8) is 0 Å². The molecule has 0 radical (unpaired) electrons. The zero-order chi connectivity index (χ0) is 17.8. The molecule has 0 N–H and O–H groups in total. The molecule has 25 heavy (non-hydrogen) atoms. The van der Waals surface area contributed by atoms with E-state index in [1.54, 1.807) is 29.5 Å². The summed E-state index contributed by atoms with van der Waals surface area (Å²) < 4.78 is 35.8. The van der Waals surface area contributed by atoms with E-state index in [4.69, 9.17) is 4.52 Å². The summed E-state index contributed by atoms with van der Waals surface area (Å²) in [4.78, 5) is 7.51. The first kappa shape index (κ1) is 18.0. The zero-order valence-electron chi connectivity index (χ0n) is 13.2. The molecule has 2 heterocycles. The molecule has 0 aliphatic carbocycles. The van der Waals surface area contributed by atoms with Gasteiger partial charge in [0.25, 0.3) is 0 Å². The van der Waals surface area contributed by atoms with Crippen LogP contribution >= 0.6 is 27.3 Å². The van der Waals surface area contributed by atoms with Crippen molar-refractivity contribution in [2.45, 2.75) is 19.7 Å². The van der Waals surface area contributed by atoms with Crippen molar-refractivity contribution in [1.82, 2.24) is 15.0 Å². The van der Waals surface area contributed by atoms with Gasteiger partial charge >= 0.3 is 6.61 Å². The lowest BCUT2D eigenvalue weighted by atomic mass is 10.2. The first-order valence-corrected chi connectivity index (χ1v) is 8.92. The van der Waals surface area contributed by atoms with Crippen LogP contribution in [0.2, 0.25) is 0 Å². The van der Waals surface area contributed by atoms with Crippen molar-refractivity contribution in [1.29, 1.82) is 0 Å². The van der Waals surface area contributed by atoms with Gasteiger partial charge in [-0.05, 0) is 47.2 Å². The van der Waals surface area contributed by atoms with E-state index in [0.717, 1.165) is 10.3 Å². The molecule has 132 valence electrons. The normalized spacial score (nSPS) is 11.4. The Bertz CT molecular complexity index is 840. The molecular formula is C16H14BrF2N3O2S. The van der Waals surface area contributed by atoms with Crippen LogP contribution in [0, 0.1) is 0 Å². The maximum Gasteiger partial charge on any atom is 0.387 e. The highest BCUT2D eigenvalue weighted by atomic mass is 79.9. The highest BCUT2D eigenvalue weighted by molar-refractivity contribution is 9.11. The molecule has 0 amide bonds. The second kappa shape index (κ2) is 8.03. The molecule has 0 aliphatic rings. The van der Waals surface area contributed by atoms with Crippen molar-refractivity contribution in [3.8, 4) is 17.1 Å². The van der Waals surface area contributed by atoms with Crippen molar-refractivity contribution < 1.29 is 18.0 Å². The zero-order valence-corrected chi connectivity index (χ0v) is 15.6. The molecule has 0 unspecified atom stereocenters. The average molecular weight is 430 g/mol. The van der Waals surface area contributed by atoms with Gasteiger partial charge in [0.1, 0.15) is 5.75 Å². The number of nitrogens with zero attached hydrogens (tertiary/aromatic N) is 3. The Morgan fingerprint density at radius 1 is 1.24 bits per heavy atom. The Balaban J connectivity index is 1.70. The highest BCUT2D eigenvalue weighted by Gasteiger charge is 2.16. The van der Waals surface area contributed by atoms with Gasteiger partial charge in [0.05, 0.1) is 15.9 Å². The fraction of sp³-hybridized carbons (Fsp3) is 0.250. The topological polar surface area (TPSA) is 51.4 Å². The van der Waals surface area contributed by atoms with Gasteiger partial charge in [0.2, 0.25) is 11.7 Å². The average Bonchev–Trinajstić information content (AvgIpc) is 3.16. The quantitative estimate of drug-likeness (QED) is 0.540. The number of hydrogen-bond acceptors (Lipinski definition) is 6. The third-order valence-corrected chi connectivity index (χ3v) is 4.88. The van der Waals surface area contributed by atoms with Gasteiger partial charge in [-0.15, -0.1) is 11.3 Å². The van der Waals surface area contributed by atoms with Crippen LogP contribution in [0.1, 0.15) is 10.8 Å². The van der Waals surface area contributed by atoms with E-state index in [1.165, 1.54) is 10.9 Å². The number of alkyl halides is 2. The monoisotopic (exact) mass is 429 g/mol. The predicted molar refractivity (Wildman–Crippen MR) is 93.6 cm³/mol. The first-order valence-electron chi connectivity index (χ1n) is 7.31. The molecule has 2 aromatic heterocycles. The van der Waals surface area contributed by atoms with Crippen molar-refractivity contribution in [3.05, 3.63) is 51.0 Å². The summed E-state index contributed by atoms with van der Waals surface area (Å²) in [6.07, 6.45) is 0. The second-order valence-electron chi connectivity index (χ2n) is 5.26. The minimum absolute atomic E-state index is 0.0154. The molecule has 0 aliphatic heterocycles. The highest BCUT2D eigenvalue weighted by Crippen LogP contribution is 2.29. The van der Waals surface area contributed by atoms with Gasteiger partial charge in [-0.3, -0.25) is 4.90 Å². The Labute approximate surface area is 155 Å². The van der Waals surface area contributed by atoms with E-state index >= 15 is 0 Å². The maximum atomic E-state index is 12.5. The third kappa shape index (κ3) is 4.83. The molecule has 1 aromatic carbocycles. The first-order chi connectivity index (χ1) is 12.0. The van der Waals surface area contributed by atoms with E-state index in [0.29, 0.717) is 18.0 Å². The van der Waals surface area contributed by atoms with Gasteiger partial charge in [-0.1, -0.05) is 17.3 Å². The summed E-state index contributed by atoms with van der Waals surface area (Å²) in [6.45, 7) is -1.73. The fourth-order valence-electron chi connectivity index (χ4n) is 2.27. The van der Waals surface area contributed by atoms with Gasteiger partial charge in [0.15, 0.2) is 0 Å². The van der Waals surface area contributed by atoms with Crippen LogP contribution in [0.4, 0.5) is 8.78 Å². The summed E-state index contributed by atoms with van der Waals surface area (Å²) in [7, 11) is 1.94. The summed E-state index contributed by atoms with van der Waals surface area (Å²) in [5.74, 6) is 0.639. The number of para-hydroxylation sites is 1. The van der Waals surface area contributed by atoms with Gasteiger partial charge in [-0.25, -0.2) is 0 Å². The number of thiophene rings is 1. The molecule has 5 nitrogen and oxygen atoms in total. The Morgan fingerprint density at radius 3 is 2.76 bits per heavy atom. The molecule has 0 fully saturated rings. The molecular weight excluding hydrogens is 416 g/mol. The Morgan fingerprint density at radius 2 is 2.04 bits per heavy atom. The second-order valence-corrected chi connectivity index (χ2v) is 7.81. The summed E-state index contributed by atoms with van der Waals surface area (Å²) in [6, 6.07) is 10.4. The third-order valence-electron chi connectivity index (χ3n) is 3.27. The molecule has 0 saturated carbocycles. The van der Waals surface area contributed by atoms with E-state index in [1.807, 2.05) is 24.1 Å². The van der Waals surface area contributed by atoms with Gasteiger partial charge < -0.3 is 9.26 Å². The standard InChI is InChI=1S/C16H14BrF2N3O2S/c1-22(8-10-6-7-13(17)25-10)9-14-20-15(21-24-14)11-4-2-3-5-12(11)23-16(18)19/h2-7,16H,8-9H2,1H3. The van der Waals surface area contributed by atoms with E-state index in [2.05, 4.69) is 30.8 Å². The largest absolute Gasteiger partial charge is 0.434 e.